The number of hydrogen-bond donors (Lipinski definition) is 1. The van der Waals surface area contributed by atoms with Crippen molar-refractivity contribution in [1.82, 2.24) is 5.32 Å². The number of rotatable bonds is 1. The highest BCUT2D eigenvalue weighted by molar-refractivity contribution is 8.16. The number of imide groups is 1. The van der Waals surface area contributed by atoms with Crippen molar-refractivity contribution < 1.29 is 19.1 Å². The van der Waals surface area contributed by atoms with E-state index in [-0.39, 0.29) is 24.4 Å². The van der Waals surface area contributed by atoms with Gasteiger partial charge in [-0.3, -0.25) is 14.9 Å². The Morgan fingerprint density at radius 1 is 1.17 bits per heavy atom. The summed E-state index contributed by atoms with van der Waals surface area (Å²) in [5.74, 6) is -0.330. The molecule has 5 nitrogen and oxygen atoms in total. The Kier molecular flexibility index (Phi) is 2.85. The second-order valence-corrected chi connectivity index (χ2v) is 5.56. The van der Waals surface area contributed by atoms with E-state index in [1.54, 1.807) is 0 Å². The highest BCUT2D eigenvalue weighted by atomic mass is 32.2. The van der Waals surface area contributed by atoms with E-state index in [2.05, 4.69) is 5.32 Å². The first-order chi connectivity index (χ1) is 8.70. The summed E-state index contributed by atoms with van der Waals surface area (Å²) in [6, 6.07) is 9.50. The molecule has 3 rings (SSSR count). The van der Waals surface area contributed by atoms with Crippen LogP contribution < -0.4 is 5.32 Å². The lowest BCUT2D eigenvalue weighted by molar-refractivity contribution is -0.197. The van der Waals surface area contributed by atoms with Crippen LogP contribution in [0.3, 0.4) is 0 Å². The van der Waals surface area contributed by atoms with Gasteiger partial charge in [0, 0.05) is 5.56 Å². The van der Waals surface area contributed by atoms with Crippen LogP contribution in [0.4, 0.5) is 4.79 Å². The minimum absolute atomic E-state index is 0.175. The molecular formula is C12H11NO4S. The molecule has 0 bridgehead atoms. The van der Waals surface area contributed by atoms with E-state index in [1.165, 1.54) is 0 Å². The second-order valence-electron chi connectivity index (χ2n) is 4.20. The van der Waals surface area contributed by atoms with Crippen LogP contribution in [0, 0.1) is 0 Å². The molecule has 6 heteroatoms. The van der Waals surface area contributed by atoms with Crippen LogP contribution in [0.25, 0.3) is 0 Å². The zero-order chi connectivity index (χ0) is 12.6. The van der Waals surface area contributed by atoms with Crippen molar-refractivity contribution in [2.24, 2.45) is 0 Å². The maximum Gasteiger partial charge on any atom is 0.286 e. The normalized spacial score (nSPS) is 31.7. The number of benzene rings is 1. The van der Waals surface area contributed by atoms with Gasteiger partial charge in [0.15, 0.2) is 11.0 Å². The van der Waals surface area contributed by atoms with E-state index in [9.17, 15) is 9.59 Å². The van der Waals surface area contributed by atoms with Crippen molar-refractivity contribution in [2.75, 3.05) is 13.2 Å². The maximum absolute atomic E-state index is 11.7. The smallest absolute Gasteiger partial charge is 0.286 e. The predicted octanol–water partition coefficient (Wildman–Crippen LogP) is 1.45. The third kappa shape index (κ3) is 1.92. The van der Waals surface area contributed by atoms with E-state index < -0.39 is 11.0 Å². The molecule has 2 fully saturated rings. The fraction of sp³-hybridized carbons (Fsp3) is 0.333. The fourth-order valence-electron chi connectivity index (χ4n) is 1.96. The van der Waals surface area contributed by atoms with Gasteiger partial charge in [-0.2, -0.15) is 0 Å². The Bertz CT molecular complexity index is 482. The summed E-state index contributed by atoms with van der Waals surface area (Å²) >= 11 is 0.945. The SMILES string of the molecule is O=C1NC(=O)C2(COC(c3ccccc3)OC2)S1. The summed E-state index contributed by atoms with van der Waals surface area (Å²) in [6.45, 7) is 0.351. The van der Waals surface area contributed by atoms with Crippen molar-refractivity contribution >= 4 is 22.9 Å². The second kappa shape index (κ2) is 4.38. The molecule has 94 valence electrons. The molecular weight excluding hydrogens is 254 g/mol. The molecule has 2 aliphatic heterocycles. The van der Waals surface area contributed by atoms with Gasteiger partial charge in [0.1, 0.15) is 0 Å². The average molecular weight is 265 g/mol. The van der Waals surface area contributed by atoms with Gasteiger partial charge >= 0.3 is 0 Å². The van der Waals surface area contributed by atoms with E-state index in [1.807, 2.05) is 30.3 Å². The summed E-state index contributed by atoms with van der Waals surface area (Å²) in [7, 11) is 0. The molecule has 2 aliphatic rings. The highest BCUT2D eigenvalue weighted by Gasteiger charge is 2.51. The van der Waals surface area contributed by atoms with Gasteiger partial charge in [0.25, 0.3) is 5.24 Å². The Labute approximate surface area is 108 Å². The molecule has 1 aromatic carbocycles. The van der Waals surface area contributed by atoms with Crippen molar-refractivity contribution in [1.29, 1.82) is 0 Å². The summed E-state index contributed by atoms with van der Waals surface area (Å²) in [4.78, 5) is 22.9. The Morgan fingerprint density at radius 2 is 1.83 bits per heavy atom. The van der Waals surface area contributed by atoms with E-state index in [0.29, 0.717) is 0 Å². The van der Waals surface area contributed by atoms with E-state index in [4.69, 9.17) is 9.47 Å². The molecule has 18 heavy (non-hydrogen) atoms. The summed E-state index contributed by atoms with van der Waals surface area (Å²) < 4.78 is 10.2. The van der Waals surface area contributed by atoms with Crippen molar-refractivity contribution in [2.45, 2.75) is 11.0 Å². The number of amides is 2. The molecule has 2 heterocycles. The van der Waals surface area contributed by atoms with Gasteiger partial charge in [-0.05, 0) is 11.8 Å². The zero-order valence-electron chi connectivity index (χ0n) is 9.42. The standard InChI is InChI=1S/C12H11NO4S/c14-10-12(18-11(15)13-10)6-16-9(17-7-12)8-4-2-1-3-5-8/h1-5,9H,6-7H2,(H,13,14,15). The summed E-state index contributed by atoms with van der Waals surface area (Å²) in [6.07, 6.45) is -0.471. The largest absolute Gasteiger partial charge is 0.346 e. The van der Waals surface area contributed by atoms with Gasteiger partial charge in [-0.1, -0.05) is 30.3 Å². The van der Waals surface area contributed by atoms with E-state index in [0.717, 1.165) is 17.3 Å². The van der Waals surface area contributed by atoms with Crippen LogP contribution in [0.1, 0.15) is 11.9 Å². The minimum atomic E-state index is -0.914. The van der Waals surface area contributed by atoms with Crippen molar-refractivity contribution in [3.63, 3.8) is 0 Å². The lowest BCUT2D eigenvalue weighted by atomic mass is 10.1. The molecule has 0 aromatic heterocycles. The first-order valence-electron chi connectivity index (χ1n) is 5.52. The third-order valence-electron chi connectivity index (χ3n) is 2.92. The Hall–Kier alpha value is -1.37. The number of thioether (sulfide) groups is 1. The third-order valence-corrected chi connectivity index (χ3v) is 4.02. The van der Waals surface area contributed by atoms with Crippen LogP contribution in [-0.4, -0.2) is 29.1 Å². The Balaban J connectivity index is 1.72. The summed E-state index contributed by atoms with van der Waals surface area (Å²) in [5, 5.41) is 1.91. The highest BCUT2D eigenvalue weighted by Crippen LogP contribution is 2.38. The van der Waals surface area contributed by atoms with Crippen molar-refractivity contribution in [3.8, 4) is 0 Å². The molecule has 0 radical (unpaired) electrons. The van der Waals surface area contributed by atoms with Crippen LogP contribution in [-0.2, 0) is 14.3 Å². The molecule has 2 saturated heterocycles. The monoisotopic (exact) mass is 265 g/mol. The molecule has 1 aromatic rings. The first-order valence-corrected chi connectivity index (χ1v) is 6.34. The Morgan fingerprint density at radius 3 is 2.39 bits per heavy atom. The van der Waals surface area contributed by atoms with E-state index >= 15 is 0 Å². The van der Waals surface area contributed by atoms with Gasteiger partial charge in [-0.25, -0.2) is 0 Å². The minimum Gasteiger partial charge on any atom is -0.346 e. The number of nitrogens with one attached hydrogen (secondary N) is 1. The molecule has 0 unspecified atom stereocenters. The van der Waals surface area contributed by atoms with Gasteiger partial charge in [0.2, 0.25) is 5.91 Å². The molecule has 1 N–H and O–H groups in total. The number of ether oxygens (including phenoxy) is 2. The van der Waals surface area contributed by atoms with Gasteiger partial charge in [0.05, 0.1) is 13.2 Å². The van der Waals surface area contributed by atoms with Crippen molar-refractivity contribution in [3.05, 3.63) is 35.9 Å². The topological polar surface area (TPSA) is 64.6 Å². The average Bonchev–Trinajstić information content (AvgIpc) is 2.66. The van der Waals surface area contributed by atoms with Crippen LogP contribution in [0.5, 0.6) is 0 Å². The quantitative estimate of drug-likeness (QED) is 0.832. The van der Waals surface area contributed by atoms with Crippen LogP contribution >= 0.6 is 11.8 Å². The van der Waals surface area contributed by atoms with Gasteiger partial charge < -0.3 is 9.47 Å². The fourth-order valence-corrected chi connectivity index (χ4v) is 2.86. The molecule has 0 aliphatic carbocycles. The lowest BCUT2D eigenvalue weighted by Crippen LogP contribution is -2.48. The lowest BCUT2D eigenvalue weighted by Gasteiger charge is -2.33. The molecule has 2 amide bonds. The predicted molar refractivity (Wildman–Crippen MR) is 64.9 cm³/mol. The maximum atomic E-state index is 11.7. The summed E-state index contributed by atoms with van der Waals surface area (Å²) in [5.41, 5.74) is 0.905. The number of carbonyl (C=O) groups excluding carboxylic acids is 2. The number of carbonyl (C=O) groups is 2. The first kappa shape index (κ1) is 11.7. The zero-order valence-corrected chi connectivity index (χ0v) is 10.2. The molecule has 0 atom stereocenters. The van der Waals surface area contributed by atoms with Crippen LogP contribution in [0.15, 0.2) is 30.3 Å². The molecule has 0 saturated carbocycles. The van der Waals surface area contributed by atoms with Crippen LogP contribution in [0.2, 0.25) is 0 Å². The number of hydrogen-bond acceptors (Lipinski definition) is 5. The molecule has 1 spiro atoms. The van der Waals surface area contributed by atoms with Gasteiger partial charge in [-0.15, -0.1) is 0 Å².